The van der Waals surface area contributed by atoms with Crippen molar-refractivity contribution >= 4 is 35.3 Å². The molecule has 0 heterocycles. The Morgan fingerprint density at radius 1 is 1.19 bits per heavy atom. The number of Topliss-reactive ketones (excluding diaryl/α,β-unsaturated/α-hetero) is 1. The van der Waals surface area contributed by atoms with Gasteiger partial charge in [-0.3, -0.25) is 9.59 Å². The molecule has 4 rings (SSSR count). The highest BCUT2D eigenvalue weighted by atomic mass is 35.5. The lowest BCUT2D eigenvalue weighted by Gasteiger charge is -2.56. The van der Waals surface area contributed by atoms with E-state index in [4.69, 9.17) is 25.8 Å². The van der Waals surface area contributed by atoms with Crippen LogP contribution >= 0.6 is 11.6 Å². The maximum Gasteiger partial charge on any atom is 0.509 e. The predicted molar refractivity (Wildman–Crippen MR) is 115 cm³/mol. The summed E-state index contributed by atoms with van der Waals surface area (Å²) in [5.74, 6) is -1.09. The van der Waals surface area contributed by atoms with Gasteiger partial charge in [0.1, 0.15) is 5.78 Å². The van der Waals surface area contributed by atoms with Crippen molar-refractivity contribution < 1.29 is 33.4 Å². The highest BCUT2D eigenvalue weighted by molar-refractivity contribution is 6.17. The number of carbonyl (C=O) groups excluding carboxylic acids is 4. The summed E-state index contributed by atoms with van der Waals surface area (Å²) >= 11 is 5.68. The maximum absolute atomic E-state index is 13.7. The first kappa shape index (κ1) is 23.0. The van der Waals surface area contributed by atoms with Crippen LogP contribution in [0.15, 0.2) is 23.8 Å². The molecule has 3 unspecified atom stereocenters. The molecule has 0 N–H and O–H groups in total. The Kier molecular flexibility index (Phi) is 5.76. The quantitative estimate of drug-likeness (QED) is 0.456. The van der Waals surface area contributed by atoms with Gasteiger partial charge in [-0.2, -0.15) is 0 Å². The van der Waals surface area contributed by atoms with E-state index in [2.05, 4.69) is 0 Å². The van der Waals surface area contributed by atoms with Crippen LogP contribution in [-0.4, -0.2) is 42.0 Å². The Labute approximate surface area is 192 Å². The van der Waals surface area contributed by atoms with Crippen LogP contribution in [0.5, 0.6) is 0 Å². The molecular weight excluding hydrogens is 436 g/mol. The van der Waals surface area contributed by atoms with Gasteiger partial charge in [-0.05, 0) is 56.6 Å². The van der Waals surface area contributed by atoms with E-state index in [-0.39, 0.29) is 54.8 Å². The number of halogens is 1. The summed E-state index contributed by atoms with van der Waals surface area (Å²) in [6.07, 6.45) is 6.51. The second-order valence-electron chi connectivity index (χ2n) is 9.73. The smallest absolute Gasteiger partial charge is 0.446 e. The first-order valence-electron chi connectivity index (χ1n) is 11.2. The van der Waals surface area contributed by atoms with Gasteiger partial charge < -0.3 is 14.2 Å². The topological polar surface area (TPSA) is 96.0 Å². The van der Waals surface area contributed by atoms with Crippen LogP contribution in [0.25, 0.3) is 0 Å². The van der Waals surface area contributed by atoms with Gasteiger partial charge in [0.05, 0.1) is 6.61 Å². The number of hydrogen-bond acceptors (Lipinski definition) is 7. The summed E-state index contributed by atoms with van der Waals surface area (Å²) in [4.78, 5) is 51.1. The number of fused-ring (bicyclic) bond motifs is 5. The Hall–Kier alpha value is -2.15. The van der Waals surface area contributed by atoms with E-state index >= 15 is 0 Å². The molecule has 0 aromatic rings. The molecule has 0 amide bonds. The van der Waals surface area contributed by atoms with E-state index in [1.165, 1.54) is 0 Å². The molecule has 0 bridgehead atoms. The van der Waals surface area contributed by atoms with Crippen LogP contribution in [0.2, 0.25) is 0 Å². The van der Waals surface area contributed by atoms with Crippen molar-refractivity contribution in [1.29, 1.82) is 0 Å². The van der Waals surface area contributed by atoms with Crippen molar-refractivity contribution in [1.82, 2.24) is 0 Å². The zero-order valence-electron chi connectivity index (χ0n) is 18.6. The molecule has 0 aromatic heterocycles. The third-order valence-electron chi connectivity index (χ3n) is 8.41. The van der Waals surface area contributed by atoms with Crippen molar-refractivity contribution in [2.75, 3.05) is 12.7 Å². The molecule has 4 aliphatic carbocycles. The fourth-order valence-electron chi connectivity index (χ4n) is 7.02. The first-order chi connectivity index (χ1) is 15.1. The molecule has 6 atom stereocenters. The van der Waals surface area contributed by atoms with Crippen LogP contribution < -0.4 is 0 Å². The number of esters is 1. The SMILES string of the molecule is CCOC(=O)O[C@@]1(C(=O)OCCl)CCC2C3CCC4=CC(=O)C=C[C@]4(C)C3C(=O)C[C@]21C. The maximum atomic E-state index is 13.7. The van der Waals surface area contributed by atoms with Gasteiger partial charge in [0.15, 0.2) is 11.8 Å². The summed E-state index contributed by atoms with van der Waals surface area (Å²) in [7, 11) is 0. The Balaban J connectivity index is 1.74. The van der Waals surface area contributed by atoms with Gasteiger partial charge in [-0.15, -0.1) is 0 Å². The molecule has 3 fully saturated rings. The summed E-state index contributed by atoms with van der Waals surface area (Å²) in [5, 5.41) is 0. The Bertz CT molecular complexity index is 923. The summed E-state index contributed by atoms with van der Waals surface area (Å²) < 4.78 is 15.8. The monoisotopic (exact) mass is 464 g/mol. The highest BCUT2D eigenvalue weighted by Gasteiger charge is 2.71. The number of rotatable bonds is 4. The molecular formula is C24H29ClO7. The average Bonchev–Trinajstić information content (AvgIpc) is 3.01. The van der Waals surface area contributed by atoms with Crippen molar-refractivity contribution in [2.24, 2.45) is 28.6 Å². The van der Waals surface area contributed by atoms with Crippen LogP contribution in [0.4, 0.5) is 4.79 Å². The molecule has 4 aliphatic rings. The lowest BCUT2D eigenvalue weighted by molar-refractivity contribution is -0.190. The van der Waals surface area contributed by atoms with Gasteiger partial charge >= 0.3 is 12.1 Å². The molecule has 0 saturated heterocycles. The predicted octanol–water partition coefficient (Wildman–Crippen LogP) is 4.12. The molecule has 3 saturated carbocycles. The number of hydrogen-bond donors (Lipinski definition) is 0. The van der Waals surface area contributed by atoms with Crippen molar-refractivity contribution in [3.05, 3.63) is 23.8 Å². The lowest BCUT2D eigenvalue weighted by Crippen LogP contribution is -2.61. The van der Waals surface area contributed by atoms with Gasteiger partial charge in [-0.1, -0.05) is 37.1 Å². The number of ketones is 2. The minimum Gasteiger partial charge on any atom is -0.446 e. The van der Waals surface area contributed by atoms with E-state index in [0.717, 1.165) is 12.0 Å². The van der Waals surface area contributed by atoms with Gasteiger partial charge in [0.25, 0.3) is 0 Å². The Morgan fingerprint density at radius 3 is 2.62 bits per heavy atom. The molecule has 0 radical (unpaired) electrons. The normalized spacial score (nSPS) is 40.0. The van der Waals surface area contributed by atoms with Gasteiger partial charge in [-0.25, -0.2) is 9.59 Å². The third-order valence-corrected chi connectivity index (χ3v) is 8.52. The molecule has 0 spiro atoms. The minimum atomic E-state index is -1.63. The van der Waals surface area contributed by atoms with Crippen molar-refractivity contribution in [2.45, 2.75) is 58.5 Å². The molecule has 174 valence electrons. The van der Waals surface area contributed by atoms with Crippen LogP contribution in [0.3, 0.4) is 0 Å². The van der Waals surface area contributed by atoms with Crippen molar-refractivity contribution in [3.63, 3.8) is 0 Å². The summed E-state index contributed by atoms with van der Waals surface area (Å²) in [6, 6.07) is -0.376. The number of allylic oxidation sites excluding steroid dienone is 4. The van der Waals surface area contributed by atoms with Crippen LogP contribution in [0.1, 0.15) is 52.9 Å². The number of carbonyl (C=O) groups is 4. The molecule has 32 heavy (non-hydrogen) atoms. The summed E-state index contributed by atoms with van der Waals surface area (Å²) in [6.45, 7) is 5.62. The zero-order chi connectivity index (χ0) is 23.3. The highest BCUT2D eigenvalue weighted by Crippen LogP contribution is 2.67. The van der Waals surface area contributed by atoms with E-state index in [1.807, 2.05) is 19.9 Å². The molecule has 0 aliphatic heterocycles. The van der Waals surface area contributed by atoms with E-state index in [9.17, 15) is 19.2 Å². The third kappa shape index (κ3) is 3.15. The average molecular weight is 465 g/mol. The second kappa shape index (κ2) is 8.01. The standard InChI is InChI=1S/C24H29ClO7/c1-4-30-21(29)32-24(20(28)31-13-25)10-8-17-16-6-5-14-11-15(26)7-9-22(14,2)19(16)18(27)12-23(17,24)3/h7,9,11,16-17,19H,4-6,8,10,12-13H2,1-3H3/t16?,17?,19?,22-,23+,24+/m0/s1. The van der Waals surface area contributed by atoms with E-state index in [1.54, 1.807) is 19.1 Å². The van der Waals surface area contributed by atoms with E-state index < -0.39 is 28.6 Å². The number of alkyl halides is 1. The molecule has 8 heteroatoms. The first-order valence-corrected chi connectivity index (χ1v) is 11.7. The second-order valence-corrected chi connectivity index (χ2v) is 9.95. The molecule has 0 aromatic carbocycles. The van der Waals surface area contributed by atoms with Gasteiger partial charge in [0.2, 0.25) is 5.60 Å². The lowest BCUT2D eigenvalue weighted by atomic mass is 9.47. The number of ether oxygens (including phenoxy) is 3. The van der Waals surface area contributed by atoms with E-state index in [0.29, 0.717) is 12.8 Å². The van der Waals surface area contributed by atoms with Crippen LogP contribution in [-0.2, 0) is 28.6 Å². The van der Waals surface area contributed by atoms with Gasteiger partial charge in [0, 0.05) is 23.2 Å². The van der Waals surface area contributed by atoms with Crippen LogP contribution in [0, 0.1) is 28.6 Å². The molecule has 7 nitrogen and oxygen atoms in total. The zero-order valence-corrected chi connectivity index (χ0v) is 19.4. The largest absolute Gasteiger partial charge is 0.509 e. The fraction of sp³-hybridized carbons (Fsp3) is 0.667. The van der Waals surface area contributed by atoms with Crippen molar-refractivity contribution in [3.8, 4) is 0 Å². The summed E-state index contributed by atoms with van der Waals surface area (Å²) in [5.41, 5.74) is -2.09. The fourth-order valence-corrected chi connectivity index (χ4v) is 7.12. The minimum absolute atomic E-state index is 0.00211. The Morgan fingerprint density at radius 2 is 1.94 bits per heavy atom.